The van der Waals surface area contributed by atoms with Crippen molar-refractivity contribution in [2.75, 3.05) is 0 Å². The summed E-state index contributed by atoms with van der Waals surface area (Å²) in [6, 6.07) is 7.63. The Hall–Kier alpha value is -2.13. The van der Waals surface area contributed by atoms with Gasteiger partial charge < -0.3 is 5.11 Å². The van der Waals surface area contributed by atoms with Crippen molar-refractivity contribution in [1.82, 2.24) is 0 Å². The molecule has 0 unspecified atom stereocenters. The second kappa shape index (κ2) is 10.9. The molecule has 0 spiro atoms. The van der Waals surface area contributed by atoms with E-state index in [2.05, 4.69) is 40.3 Å². The molecule has 0 fully saturated rings. The first-order valence-electron chi connectivity index (χ1n) is 9.28. The maximum Gasteiger partial charge on any atom is 0.303 e. The zero-order valence-electron chi connectivity index (χ0n) is 17.0. The van der Waals surface area contributed by atoms with Gasteiger partial charge >= 0.3 is 5.97 Å². The molecule has 0 aromatic heterocycles. The van der Waals surface area contributed by atoms with E-state index in [0.29, 0.717) is 17.4 Å². The molecule has 0 saturated carbocycles. The number of nitrogens with zero attached hydrogens (tertiary/aromatic N) is 1. The van der Waals surface area contributed by atoms with Crippen LogP contribution in [0.3, 0.4) is 0 Å². The van der Waals surface area contributed by atoms with E-state index >= 15 is 0 Å². The largest absolute Gasteiger partial charge is 0.481 e. The molecule has 0 aliphatic carbocycles. The highest BCUT2D eigenvalue weighted by Crippen LogP contribution is 2.33. The van der Waals surface area contributed by atoms with Gasteiger partial charge in [-0.15, -0.1) is 0 Å². The highest BCUT2D eigenvalue weighted by molar-refractivity contribution is 6.30. The van der Waals surface area contributed by atoms with Gasteiger partial charge in [-0.1, -0.05) is 57.2 Å². The molecule has 27 heavy (non-hydrogen) atoms. The van der Waals surface area contributed by atoms with Crippen LogP contribution >= 0.6 is 11.6 Å². The number of carbonyl (C=O) groups is 1. The van der Waals surface area contributed by atoms with Crippen molar-refractivity contribution in [3.63, 3.8) is 0 Å². The Morgan fingerprint density at radius 3 is 2.30 bits per heavy atom. The van der Waals surface area contributed by atoms with Gasteiger partial charge in [0.15, 0.2) is 0 Å². The Labute approximate surface area is 168 Å². The molecule has 0 atom stereocenters. The van der Waals surface area contributed by atoms with E-state index < -0.39 is 5.97 Å². The van der Waals surface area contributed by atoms with Crippen molar-refractivity contribution in [3.05, 3.63) is 64.3 Å². The van der Waals surface area contributed by atoms with Gasteiger partial charge in [-0.3, -0.25) is 9.79 Å². The summed E-state index contributed by atoms with van der Waals surface area (Å²) in [6.45, 7) is 14.6. The first-order valence-corrected chi connectivity index (χ1v) is 9.66. The average molecular weight is 388 g/mol. The van der Waals surface area contributed by atoms with Gasteiger partial charge in [-0.05, 0) is 61.4 Å². The van der Waals surface area contributed by atoms with E-state index in [1.165, 1.54) is 0 Å². The van der Waals surface area contributed by atoms with Gasteiger partial charge in [-0.2, -0.15) is 0 Å². The molecule has 1 rings (SSSR count). The summed E-state index contributed by atoms with van der Waals surface area (Å²) < 4.78 is 0. The van der Waals surface area contributed by atoms with E-state index in [1.807, 2.05) is 31.2 Å². The molecular weight excluding hydrogens is 358 g/mol. The topological polar surface area (TPSA) is 49.7 Å². The summed E-state index contributed by atoms with van der Waals surface area (Å²) in [5, 5.41) is 9.59. The van der Waals surface area contributed by atoms with Gasteiger partial charge in [0.2, 0.25) is 0 Å². The van der Waals surface area contributed by atoms with Crippen molar-refractivity contribution >= 4 is 28.9 Å². The van der Waals surface area contributed by atoms with Crippen molar-refractivity contribution < 1.29 is 9.90 Å². The molecule has 0 bridgehead atoms. The van der Waals surface area contributed by atoms with Crippen LogP contribution in [0.15, 0.2) is 58.8 Å². The lowest BCUT2D eigenvalue weighted by Gasteiger charge is -2.17. The van der Waals surface area contributed by atoms with E-state index in [-0.39, 0.29) is 6.42 Å². The number of halogens is 1. The van der Waals surface area contributed by atoms with Crippen LogP contribution in [-0.4, -0.2) is 16.8 Å². The number of rotatable bonds is 9. The standard InChI is InChI=1S/C23H30ClNO2/c1-7-21(25-17(5)8-13-22(26)27)23(16(4)14-15(2)3)18(6)19-9-11-20(24)12-10-19/h9-12,14-15H,6-8,13H2,1-5H3,(H,26,27)/b16-14+,23-21-,25-17?. The third-order valence-electron chi connectivity index (χ3n) is 4.12. The normalized spacial score (nSPS) is 13.6. The fourth-order valence-electron chi connectivity index (χ4n) is 2.90. The predicted molar refractivity (Wildman–Crippen MR) is 116 cm³/mol. The fourth-order valence-corrected chi connectivity index (χ4v) is 3.03. The Balaban J connectivity index is 3.46. The molecule has 0 saturated heterocycles. The SMILES string of the molecule is C=C(C(=C(/CC)N=C(C)CCC(=O)O)/C(C)=C/C(C)C)c1ccc(Cl)cc1. The molecule has 0 aliphatic heterocycles. The van der Waals surface area contributed by atoms with Crippen LogP contribution in [0.1, 0.15) is 59.4 Å². The molecule has 3 nitrogen and oxygen atoms in total. The number of hydrogen-bond acceptors (Lipinski definition) is 2. The van der Waals surface area contributed by atoms with Crippen LogP contribution < -0.4 is 0 Å². The highest BCUT2D eigenvalue weighted by Gasteiger charge is 2.14. The number of allylic oxidation sites excluding steroid dienone is 5. The zero-order chi connectivity index (χ0) is 20.6. The van der Waals surface area contributed by atoms with E-state index in [4.69, 9.17) is 21.7 Å². The third-order valence-corrected chi connectivity index (χ3v) is 4.37. The van der Waals surface area contributed by atoms with Crippen LogP contribution in [0.2, 0.25) is 5.02 Å². The number of aliphatic carboxylic acids is 1. The second-order valence-corrected chi connectivity index (χ2v) is 7.43. The quantitative estimate of drug-likeness (QED) is 0.368. The molecule has 146 valence electrons. The maximum absolute atomic E-state index is 10.8. The van der Waals surface area contributed by atoms with E-state index in [1.54, 1.807) is 0 Å². The predicted octanol–water partition coefficient (Wildman–Crippen LogP) is 6.95. The molecular formula is C23H30ClNO2. The van der Waals surface area contributed by atoms with Crippen molar-refractivity contribution in [2.45, 2.75) is 53.9 Å². The van der Waals surface area contributed by atoms with Gasteiger partial charge in [-0.25, -0.2) is 0 Å². The summed E-state index contributed by atoms with van der Waals surface area (Å²) in [5.41, 5.74) is 5.77. The number of carboxylic acid groups (broad SMARTS) is 1. The fraction of sp³-hybridized carbons (Fsp3) is 0.391. The van der Waals surface area contributed by atoms with Gasteiger partial charge in [0.05, 0.1) is 6.42 Å². The van der Waals surface area contributed by atoms with Crippen LogP contribution in [0, 0.1) is 5.92 Å². The van der Waals surface area contributed by atoms with Crippen LogP contribution in [0.5, 0.6) is 0 Å². The first kappa shape index (κ1) is 22.9. The Morgan fingerprint density at radius 2 is 1.81 bits per heavy atom. The summed E-state index contributed by atoms with van der Waals surface area (Å²) in [4.78, 5) is 15.6. The smallest absolute Gasteiger partial charge is 0.303 e. The molecule has 1 aromatic carbocycles. The number of aliphatic imine (C=N–C) groups is 1. The van der Waals surface area contributed by atoms with Gasteiger partial charge in [0.1, 0.15) is 0 Å². The van der Waals surface area contributed by atoms with Gasteiger partial charge in [0.25, 0.3) is 0 Å². The summed E-state index contributed by atoms with van der Waals surface area (Å²) in [6.07, 6.45) is 3.46. The van der Waals surface area contributed by atoms with Crippen molar-refractivity contribution in [1.29, 1.82) is 0 Å². The third kappa shape index (κ3) is 7.56. The second-order valence-electron chi connectivity index (χ2n) is 7.00. The van der Waals surface area contributed by atoms with Crippen molar-refractivity contribution in [3.8, 4) is 0 Å². The van der Waals surface area contributed by atoms with Gasteiger partial charge in [0, 0.05) is 22.0 Å². The number of hydrogen-bond donors (Lipinski definition) is 1. The summed E-state index contributed by atoms with van der Waals surface area (Å²) >= 11 is 6.02. The molecule has 4 heteroatoms. The lowest BCUT2D eigenvalue weighted by Crippen LogP contribution is -2.02. The molecule has 1 aromatic rings. The van der Waals surface area contributed by atoms with Crippen LogP contribution in [-0.2, 0) is 4.79 Å². The van der Waals surface area contributed by atoms with Crippen LogP contribution in [0.4, 0.5) is 0 Å². The van der Waals surface area contributed by atoms with E-state index in [0.717, 1.165) is 40.1 Å². The maximum atomic E-state index is 10.8. The molecule has 1 N–H and O–H groups in total. The minimum atomic E-state index is -0.812. The Kier molecular flexibility index (Phi) is 9.23. The lowest BCUT2D eigenvalue weighted by molar-refractivity contribution is -0.136. The average Bonchev–Trinajstić information content (AvgIpc) is 2.59. The molecule has 0 amide bonds. The molecule has 0 radical (unpaired) electrons. The molecule has 0 aliphatic rings. The zero-order valence-corrected chi connectivity index (χ0v) is 17.7. The Bertz CT molecular complexity index is 768. The lowest BCUT2D eigenvalue weighted by atomic mass is 9.90. The first-order chi connectivity index (χ1) is 12.6. The Morgan fingerprint density at radius 1 is 1.22 bits per heavy atom. The highest BCUT2D eigenvalue weighted by atomic mass is 35.5. The van der Waals surface area contributed by atoms with Crippen molar-refractivity contribution in [2.24, 2.45) is 10.9 Å². The monoisotopic (exact) mass is 387 g/mol. The van der Waals surface area contributed by atoms with Crippen LogP contribution in [0.25, 0.3) is 5.57 Å². The minimum Gasteiger partial charge on any atom is -0.481 e. The summed E-state index contributed by atoms with van der Waals surface area (Å²) in [7, 11) is 0. The number of benzene rings is 1. The molecule has 0 heterocycles. The minimum absolute atomic E-state index is 0.0839. The number of carboxylic acids is 1. The summed E-state index contributed by atoms with van der Waals surface area (Å²) in [5.74, 6) is -0.415. The van der Waals surface area contributed by atoms with E-state index in [9.17, 15) is 4.79 Å².